The van der Waals surface area contributed by atoms with Gasteiger partial charge in [0.1, 0.15) is 47.2 Å². The Hall–Kier alpha value is -11.9. The fourth-order valence-corrected chi connectivity index (χ4v) is 11.5. The molecule has 8 rings (SSSR count). The standard InChI is InChI=1S/C73H87N15O15/c1-100-60-25-21-43(81-70(96)53(77)32-41-38-79-54-16-6-4-14-47(41)54)34-49(60)66(92)85-56(18-8-11-29-74)71(97)82-44-22-26-61(101-2)50(35-44)67(93)86-57(19-9-12-30-75)72(98)84-46-24-28-63(103-40-64(89)90)52(37-46)69(95)87-58(20-10-13-31-76)73(99)83-45-23-27-62(102-3)51(36-45)68(94)88-59(65(78)91)33-42-39-80-55-17-7-5-15-48(42)55/h4-7,14-17,21-28,34-39,53,56-59,79-80H,8-13,18-20,29-33,40,74-77H2,1-3H3,(H2,78,91)(H,81,96)(H,82,97)(H,83,99)(H,84,98)(H,85,92)(H,86,93)(H,87,95)(H,88,94)(H,89,90). The number of aromatic nitrogens is 2. The lowest BCUT2D eigenvalue weighted by molar-refractivity contribution is -0.139. The molecule has 5 unspecified atom stereocenters. The van der Waals surface area contributed by atoms with Crippen molar-refractivity contribution < 1.29 is 72.0 Å². The van der Waals surface area contributed by atoms with Gasteiger partial charge in [0.25, 0.3) is 23.6 Å². The molecular weight excluding hydrogens is 1330 g/mol. The molecule has 103 heavy (non-hydrogen) atoms. The van der Waals surface area contributed by atoms with E-state index in [1.807, 2.05) is 48.5 Å². The molecule has 0 spiro atoms. The number of nitrogens with one attached hydrogen (secondary N) is 10. The van der Waals surface area contributed by atoms with Gasteiger partial charge in [-0.2, -0.15) is 0 Å². The maximum Gasteiger partial charge on any atom is 0.341 e. The van der Waals surface area contributed by atoms with Gasteiger partial charge < -0.3 is 105 Å². The molecule has 21 N–H and O–H groups in total. The van der Waals surface area contributed by atoms with Gasteiger partial charge in [0.15, 0.2) is 6.61 Å². The molecule has 0 bridgehead atoms. The van der Waals surface area contributed by atoms with Crippen LogP contribution in [0.1, 0.15) is 110 Å². The molecule has 30 nitrogen and oxygen atoms in total. The Balaban J connectivity index is 0.961. The van der Waals surface area contributed by atoms with Gasteiger partial charge in [-0.1, -0.05) is 36.4 Å². The first kappa shape index (κ1) is 76.9. The van der Waals surface area contributed by atoms with Crippen molar-refractivity contribution in [2.75, 3.05) is 68.8 Å². The van der Waals surface area contributed by atoms with Crippen LogP contribution in [0.3, 0.4) is 0 Å². The van der Waals surface area contributed by atoms with Crippen molar-refractivity contribution in [2.45, 2.75) is 101 Å². The number of anilines is 4. The summed E-state index contributed by atoms with van der Waals surface area (Å²) in [6.07, 6.45) is 6.52. The molecule has 0 fully saturated rings. The second kappa shape index (κ2) is 37.5. The van der Waals surface area contributed by atoms with Crippen LogP contribution in [0.25, 0.3) is 21.8 Å². The number of amides is 9. The Labute approximate surface area is 593 Å². The minimum atomic E-state index is -1.38. The van der Waals surface area contributed by atoms with E-state index in [0.29, 0.717) is 45.1 Å². The minimum absolute atomic E-state index is 0.00514. The quantitative estimate of drug-likeness (QED) is 0.0224. The molecule has 544 valence electrons. The number of aliphatic carboxylic acids is 1. The van der Waals surface area contributed by atoms with Crippen LogP contribution in [0.2, 0.25) is 0 Å². The Morgan fingerprint density at radius 3 is 1.11 bits per heavy atom. The largest absolute Gasteiger partial charge is 0.496 e. The van der Waals surface area contributed by atoms with E-state index >= 15 is 0 Å². The van der Waals surface area contributed by atoms with Crippen LogP contribution in [0.15, 0.2) is 134 Å². The molecule has 30 heteroatoms. The maximum atomic E-state index is 14.5. The number of hydrogen-bond acceptors (Lipinski definition) is 18. The van der Waals surface area contributed by atoms with E-state index in [4.69, 9.17) is 47.6 Å². The lowest BCUT2D eigenvalue weighted by atomic mass is 10.0. The molecule has 6 aromatic carbocycles. The van der Waals surface area contributed by atoms with Gasteiger partial charge in [0, 0.05) is 63.4 Å². The van der Waals surface area contributed by atoms with E-state index in [9.17, 15) is 53.1 Å². The summed E-state index contributed by atoms with van der Waals surface area (Å²) in [5, 5.41) is 33.3. The van der Waals surface area contributed by atoms with E-state index in [0.717, 1.165) is 32.9 Å². The summed E-state index contributed by atoms with van der Waals surface area (Å²) in [4.78, 5) is 144. The number of primary amides is 1. The Bertz CT molecular complexity index is 4370. The van der Waals surface area contributed by atoms with E-state index in [2.05, 4.69) is 52.5 Å². The van der Waals surface area contributed by atoms with E-state index in [1.54, 1.807) is 18.5 Å². The molecular formula is C73H87N15O15. The Morgan fingerprint density at radius 2 is 0.757 bits per heavy atom. The van der Waals surface area contributed by atoms with E-state index in [1.165, 1.54) is 88.1 Å². The fraction of sp³-hybridized carbons (Fsp3) is 0.315. The predicted molar refractivity (Wildman–Crippen MR) is 388 cm³/mol. The molecule has 0 saturated heterocycles. The number of carboxylic acids is 1. The van der Waals surface area contributed by atoms with Gasteiger partial charge in [-0.3, -0.25) is 43.2 Å². The van der Waals surface area contributed by atoms with Crippen LogP contribution < -0.4 is 90.2 Å². The monoisotopic (exact) mass is 1410 g/mol. The zero-order chi connectivity index (χ0) is 74.1. The van der Waals surface area contributed by atoms with Crippen LogP contribution in [-0.2, 0) is 41.6 Å². The summed E-state index contributed by atoms with van der Waals surface area (Å²) < 4.78 is 22.1. The van der Waals surface area contributed by atoms with Crippen LogP contribution in [0.5, 0.6) is 23.0 Å². The van der Waals surface area contributed by atoms with Crippen molar-refractivity contribution in [1.29, 1.82) is 0 Å². The topological polar surface area (TPSA) is 486 Å². The average Bonchev–Trinajstić information content (AvgIpc) is 1.22. The van der Waals surface area contributed by atoms with E-state index < -0.39 is 96.0 Å². The molecule has 8 aromatic rings. The number of fused-ring (bicyclic) bond motifs is 2. The third-order valence-electron chi connectivity index (χ3n) is 16.9. The van der Waals surface area contributed by atoms with Gasteiger partial charge in [-0.15, -0.1) is 0 Å². The fourth-order valence-electron chi connectivity index (χ4n) is 11.5. The van der Waals surface area contributed by atoms with Crippen LogP contribution in [0.4, 0.5) is 22.7 Å². The molecule has 0 radical (unpaired) electrons. The third kappa shape index (κ3) is 21.1. The average molecular weight is 1410 g/mol. The number of carbonyl (C=O) groups excluding carboxylic acids is 9. The smallest absolute Gasteiger partial charge is 0.341 e. The zero-order valence-corrected chi connectivity index (χ0v) is 57.2. The summed E-state index contributed by atoms with van der Waals surface area (Å²) in [5.41, 5.74) is 32.9. The molecule has 0 aliphatic carbocycles. The molecule has 5 atom stereocenters. The highest BCUT2D eigenvalue weighted by molar-refractivity contribution is 6.08. The van der Waals surface area contributed by atoms with Gasteiger partial charge in [-0.05, 0) is 180 Å². The highest BCUT2D eigenvalue weighted by Crippen LogP contribution is 2.30. The van der Waals surface area contributed by atoms with Crippen LogP contribution >= 0.6 is 0 Å². The number of benzene rings is 6. The summed E-state index contributed by atoms with van der Waals surface area (Å²) in [7, 11) is 4.01. The molecule has 0 aliphatic heterocycles. The number of aromatic amines is 2. The first-order valence-electron chi connectivity index (χ1n) is 33.4. The first-order chi connectivity index (χ1) is 49.6. The number of rotatable bonds is 39. The second-order valence-electron chi connectivity index (χ2n) is 24.2. The number of H-pyrrole nitrogens is 2. The second-order valence-corrected chi connectivity index (χ2v) is 24.2. The number of unbranched alkanes of at least 4 members (excludes halogenated alkanes) is 3. The summed E-state index contributed by atoms with van der Waals surface area (Å²) in [6, 6.07) is 25.8. The van der Waals surface area contributed by atoms with Crippen molar-refractivity contribution in [1.82, 2.24) is 31.2 Å². The number of carboxylic acid groups (broad SMARTS) is 1. The van der Waals surface area contributed by atoms with Gasteiger partial charge in [0.05, 0.1) is 49.6 Å². The number of para-hydroxylation sites is 2. The van der Waals surface area contributed by atoms with Gasteiger partial charge in [-0.25, -0.2) is 4.79 Å². The predicted octanol–water partition coefficient (Wildman–Crippen LogP) is 5.07. The molecule has 9 amide bonds. The van der Waals surface area contributed by atoms with Crippen LogP contribution in [0, 0.1) is 0 Å². The van der Waals surface area contributed by atoms with Crippen molar-refractivity contribution in [2.24, 2.45) is 28.7 Å². The summed E-state index contributed by atoms with van der Waals surface area (Å²) >= 11 is 0. The molecule has 2 heterocycles. The summed E-state index contributed by atoms with van der Waals surface area (Å²) in [5.74, 6) is -8.05. The van der Waals surface area contributed by atoms with Crippen molar-refractivity contribution >= 4 is 104 Å². The van der Waals surface area contributed by atoms with Crippen molar-refractivity contribution in [3.05, 3.63) is 167 Å². The Morgan fingerprint density at radius 1 is 0.427 bits per heavy atom. The van der Waals surface area contributed by atoms with Gasteiger partial charge in [0.2, 0.25) is 29.5 Å². The molecule has 0 saturated carbocycles. The normalized spacial score (nSPS) is 12.5. The number of hydrogen-bond donors (Lipinski definition) is 16. The van der Waals surface area contributed by atoms with Crippen molar-refractivity contribution in [3.63, 3.8) is 0 Å². The maximum absolute atomic E-state index is 14.5. The highest BCUT2D eigenvalue weighted by Gasteiger charge is 2.31. The lowest BCUT2D eigenvalue weighted by Gasteiger charge is -2.22. The summed E-state index contributed by atoms with van der Waals surface area (Å²) in [6.45, 7) is -0.0931. The molecule has 0 aliphatic rings. The first-order valence-corrected chi connectivity index (χ1v) is 33.4. The van der Waals surface area contributed by atoms with Crippen molar-refractivity contribution in [3.8, 4) is 23.0 Å². The third-order valence-corrected chi connectivity index (χ3v) is 16.9. The minimum Gasteiger partial charge on any atom is -0.496 e. The highest BCUT2D eigenvalue weighted by atomic mass is 16.5. The number of methoxy groups -OCH3 is 3. The van der Waals surface area contributed by atoms with Crippen LogP contribution in [-0.4, -0.2) is 152 Å². The Kier molecular flexibility index (Phi) is 28.0. The number of nitrogens with two attached hydrogens (primary N) is 5. The zero-order valence-electron chi connectivity index (χ0n) is 57.2. The number of carbonyl (C=O) groups is 10. The van der Waals surface area contributed by atoms with Gasteiger partial charge >= 0.3 is 5.97 Å². The van der Waals surface area contributed by atoms with E-state index in [-0.39, 0.29) is 113 Å². The number of ether oxygens (including phenoxy) is 4. The lowest BCUT2D eigenvalue weighted by Crippen LogP contribution is -2.46. The molecule has 2 aromatic heterocycles. The SMILES string of the molecule is COc1ccc(NC(=O)C(CCCCN)NC(=O)c2cc(NC(=O)C(CCCCN)NC(=O)c3cc(NC(=O)C(CCCCN)NC(=O)c4cc(NC(=O)C(N)Cc5c[nH]c6ccccc56)ccc4OC)ccc3OC)ccc2OCC(=O)O)cc1C(=O)NC(Cc1c[nH]c2ccccc12)C(N)=O.